The van der Waals surface area contributed by atoms with Gasteiger partial charge >= 0.3 is 17.9 Å². The minimum atomic E-state index is -1.19. The average molecular weight is 930 g/mol. The third-order valence-electron chi connectivity index (χ3n) is 10.0. The molecule has 0 bridgehead atoms. The second-order valence-corrected chi connectivity index (χ2v) is 15.7. The van der Waals surface area contributed by atoms with Crippen LogP contribution in [0.15, 0.2) is 0 Å². The van der Waals surface area contributed by atoms with Crippen LogP contribution in [0.4, 0.5) is 0 Å². The lowest BCUT2D eigenvalue weighted by Crippen LogP contribution is -2.41. The number of carbonyl (C=O) groups excluding carboxylic acids is 7. The van der Waals surface area contributed by atoms with E-state index < -0.39 is 41.7 Å². The highest BCUT2D eigenvalue weighted by molar-refractivity contribution is 6.01. The van der Waals surface area contributed by atoms with Crippen molar-refractivity contribution in [2.45, 2.75) is 154 Å². The predicted molar refractivity (Wildman–Crippen MR) is 234 cm³/mol. The molecule has 1 heterocycles. The minimum Gasteiger partial charge on any atom is -0.481 e. The van der Waals surface area contributed by atoms with E-state index >= 15 is 0 Å². The molecule has 6 N–H and O–H groups in total. The molecule has 1 atom stereocenters. The number of hydrogen-bond acceptors (Lipinski definition) is 14. The first-order valence-corrected chi connectivity index (χ1v) is 23.3. The molecule has 1 aliphatic heterocycles. The fourth-order valence-corrected chi connectivity index (χ4v) is 6.43. The van der Waals surface area contributed by atoms with Crippen LogP contribution in [0.1, 0.15) is 148 Å². The highest BCUT2D eigenvalue weighted by Crippen LogP contribution is 2.15. The summed E-state index contributed by atoms with van der Waals surface area (Å²) in [5, 5.41) is 28.9. The average Bonchev–Trinajstić information content (AvgIpc) is 3.58. The number of rotatable bonds is 44. The summed E-state index contributed by atoms with van der Waals surface area (Å²) in [5.41, 5.74) is 0. The van der Waals surface area contributed by atoms with Crippen LogP contribution in [-0.2, 0) is 66.9 Å². The lowest BCUT2D eigenvalue weighted by molar-refractivity contribution is -0.197. The van der Waals surface area contributed by atoms with Crippen molar-refractivity contribution in [3.63, 3.8) is 0 Å². The minimum absolute atomic E-state index is 0.0109. The standard InChI is InChI=1S/C44H75N5O16/c50-36(20-19-35(44(59)60)48-37(51)17-15-13-11-9-7-5-3-1-2-4-6-8-10-12-14-16-18-42(56)57)46-25-27-61-29-32-64-34-39(53)47-26-28-62-30-31-63-33-38(52)45-24-23-43(58)65-49-40(54)21-22-41(49)55/h35H,1-34H2,(H,45,52)(H,46,50)(H,47,53)(H,48,51)(H,56,57)(H,59,60)/t35-/m0/s1. The number of carboxylic acids is 2. The van der Waals surface area contributed by atoms with Gasteiger partial charge in [-0.25, -0.2) is 9.59 Å². The zero-order valence-corrected chi connectivity index (χ0v) is 38.2. The van der Waals surface area contributed by atoms with Gasteiger partial charge in [-0.15, -0.1) is 5.06 Å². The van der Waals surface area contributed by atoms with Crippen LogP contribution in [-0.4, -0.2) is 147 Å². The van der Waals surface area contributed by atoms with E-state index in [1.54, 1.807) is 0 Å². The molecule has 0 saturated carbocycles. The number of aliphatic carboxylic acids is 2. The summed E-state index contributed by atoms with van der Waals surface area (Å²) in [5.74, 6) is -5.46. The van der Waals surface area contributed by atoms with Crippen molar-refractivity contribution in [1.29, 1.82) is 0 Å². The second-order valence-electron chi connectivity index (χ2n) is 15.7. The molecule has 0 aromatic heterocycles. The highest BCUT2D eigenvalue weighted by atomic mass is 16.7. The largest absolute Gasteiger partial charge is 0.481 e. The van der Waals surface area contributed by atoms with E-state index in [1.165, 1.54) is 57.8 Å². The van der Waals surface area contributed by atoms with Gasteiger partial charge in [-0.2, -0.15) is 0 Å². The third-order valence-corrected chi connectivity index (χ3v) is 10.0. The number of carboxylic acid groups (broad SMARTS) is 2. The molecule has 0 radical (unpaired) electrons. The van der Waals surface area contributed by atoms with E-state index in [-0.39, 0.29) is 135 Å². The Kier molecular flexibility index (Phi) is 35.5. The van der Waals surface area contributed by atoms with Crippen molar-refractivity contribution < 1.29 is 77.1 Å². The number of nitrogens with one attached hydrogen (secondary N) is 4. The van der Waals surface area contributed by atoms with Crippen molar-refractivity contribution >= 4 is 53.4 Å². The number of hydroxylamine groups is 2. The molecule has 1 saturated heterocycles. The summed E-state index contributed by atoms with van der Waals surface area (Å²) < 4.78 is 21.1. The van der Waals surface area contributed by atoms with Crippen LogP contribution < -0.4 is 21.3 Å². The van der Waals surface area contributed by atoms with E-state index in [1.807, 2.05) is 0 Å². The Morgan fingerprint density at radius 3 is 1.35 bits per heavy atom. The fourth-order valence-electron chi connectivity index (χ4n) is 6.43. The molecule has 0 aromatic carbocycles. The van der Waals surface area contributed by atoms with E-state index in [0.717, 1.165) is 38.5 Å². The summed E-state index contributed by atoms with van der Waals surface area (Å²) >= 11 is 0. The molecule has 372 valence electrons. The summed E-state index contributed by atoms with van der Waals surface area (Å²) in [6.07, 6.45) is 17.9. The topological polar surface area (TPSA) is 292 Å². The van der Waals surface area contributed by atoms with Gasteiger partial charge in [0, 0.05) is 51.7 Å². The van der Waals surface area contributed by atoms with E-state index in [2.05, 4.69) is 21.3 Å². The van der Waals surface area contributed by atoms with E-state index in [0.29, 0.717) is 11.5 Å². The first kappa shape index (κ1) is 58.3. The lowest BCUT2D eigenvalue weighted by atomic mass is 10.0. The number of imide groups is 1. The Hall–Kier alpha value is -4.73. The van der Waals surface area contributed by atoms with Crippen LogP contribution in [0.3, 0.4) is 0 Å². The van der Waals surface area contributed by atoms with Gasteiger partial charge in [0.15, 0.2) is 0 Å². The zero-order valence-electron chi connectivity index (χ0n) is 38.2. The molecule has 21 heteroatoms. The summed E-state index contributed by atoms with van der Waals surface area (Å²) in [7, 11) is 0. The number of unbranched alkanes of at least 4 members (excludes halogenated alkanes) is 15. The molecular formula is C44H75N5O16. The number of nitrogens with zero attached hydrogens (tertiary/aromatic N) is 1. The van der Waals surface area contributed by atoms with Crippen LogP contribution >= 0.6 is 0 Å². The molecule has 0 aliphatic carbocycles. The molecule has 1 aliphatic rings. The molecule has 0 unspecified atom stereocenters. The van der Waals surface area contributed by atoms with Crippen molar-refractivity contribution in [1.82, 2.24) is 26.3 Å². The van der Waals surface area contributed by atoms with Gasteiger partial charge < -0.3 is 55.3 Å². The molecule has 65 heavy (non-hydrogen) atoms. The Morgan fingerprint density at radius 1 is 0.477 bits per heavy atom. The fraction of sp³-hybridized carbons (Fsp3) is 0.795. The Morgan fingerprint density at radius 2 is 0.892 bits per heavy atom. The number of ether oxygens (including phenoxy) is 4. The number of amides is 6. The smallest absolute Gasteiger partial charge is 0.334 e. The SMILES string of the molecule is O=C(O)CCCCCCCCCCCCCCCCCCC(=O)N[C@@H](CCC(=O)NCCOCCOCC(=O)NCCOCCOCC(=O)NCCC(=O)ON1C(=O)CCC1=O)C(=O)O. The van der Waals surface area contributed by atoms with Crippen molar-refractivity contribution in [3.8, 4) is 0 Å². The molecular weight excluding hydrogens is 855 g/mol. The molecule has 0 aromatic rings. The Bertz CT molecular complexity index is 1400. The summed E-state index contributed by atoms with van der Waals surface area (Å²) in [4.78, 5) is 110. The predicted octanol–water partition coefficient (Wildman–Crippen LogP) is 2.85. The molecule has 0 spiro atoms. The first-order valence-electron chi connectivity index (χ1n) is 23.3. The van der Waals surface area contributed by atoms with Crippen LogP contribution in [0.2, 0.25) is 0 Å². The third kappa shape index (κ3) is 35.2. The Labute approximate surface area is 382 Å². The van der Waals surface area contributed by atoms with Crippen molar-refractivity contribution in [2.24, 2.45) is 0 Å². The Balaban J connectivity index is 1.89. The number of hydrogen-bond donors (Lipinski definition) is 6. The van der Waals surface area contributed by atoms with Gasteiger partial charge in [-0.3, -0.25) is 33.6 Å². The number of carbonyl (C=O) groups is 9. The molecule has 6 amide bonds. The van der Waals surface area contributed by atoms with Gasteiger partial charge in [0.25, 0.3) is 11.8 Å². The zero-order chi connectivity index (χ0) is 47.8. The van der Waals surface area contributed by atoms with E-state index in [9.17, 15) is 48.3 Å². The van der Waals surface area contributed by atoms with Crippen LogP contribution in [0.5, 0.6) is 0 Å². The quantitative estimate of drug-likeness (QED) is 0.0378. The maximum absolute atomic E-state index is 12.3. The van der Waals surface area contributed by atoms with Crippen LogP contribution in [0, 0.1) is 0 Å². The maximum Gasteiger partial charge on any atom is 0.334 e. The molecule has 21 nitrogen and oxygen atoms in total. The van der Waals surface area contributed by atoms with Gasteiger partial charge in [0.2, 0.25) is 23.6 Å². The van der Waals surface area contributed by atoms with Crippen molar-refractivity contribution in [3.05, 3.63) is 0 Å². The van der Waals surface area contributed by atoms with Gasteiger partial charge in [-0.1, -0.05) is 89.9 Å². The normalized spacial score (nSPS) is 12.8. The lowest BCUT2D eigenvalue weighted by Gasteiger charge is -2.14. The second kappa shape index (κ2) is 39.6. The molecule has 1 rings (SSSR count). The maximum atomic E-state index is 12.3. The van der Waals surface area contributed by atoms with Gasteiger partial charge in [0.05, 0.1) is 46.1 Å². The first-order chi connectivity index (χ1) is 31.4. The summed E-state index contributed by atoms with van der Waals surface area (Å²) in [6.45, 7) is 0.818. The van der Waals surface area contributed by atoms with Gasteiger partial charge in [-0.05, 0) is 19.3 Å². The van der Waals surface area contributed by atoms with Crippen LogP contribution in [0.25, 0.3) is 0 Å². The molecule has 1 fully saturated rings. The van der Waals surface area contributed by atoms with Crippen molar-refractivity contribution in [2.75, 3.05) is 72.5 Å². The van der Waals surface area contributed by atoms with E-state index in [4.69, 9.17) is 28.9 Å². The highest BCUT2D eigenvalue weighted by Gasteiger charge is 2.32. The van der Waals surface area contributed by atoms with Gasteiger partial charge in [0.1, 0.15) is 19.3 Å². The summed E-state index contributed by atoms with van der Waals surface area (Å²) in [6, 6.07) is -1.15. The monoisotopic (exact) mass is 930 g/mol.